The van der Waals surface area contributed by atoms with Crippen LogP contribution in [0.4, 0.5) is 35.0 Å². The summed E-state index contributed by atoms with van der Waals surface area (Å²) in [6.45, 7) is 0.445. The zero-order chi connectivity index (χ0) is 28.6. The molecule has 1 saturated heterocycles. The summed E-state index contributed by atoms with van der Waals surface area (Å²) in [4.78, 5) is 38.2. The van der Waals surface area contributed by atoms with Gasteiger partial charge in [-0.1, -0.05) is 0 Å². The summed E-state index contributed by atoms with van der Waals surface area (Å²) < 4.78 is 59.5. The highest BCUT2D eigenvalue weighted by atomic mass is 19.4. The number of benzene rings is 1. The van der Waals surface area contributed by atoms with E-state index in [1.54, 1.807) is 33.7 Å². The Bertz CT molecular complexity index is 1540. The smallest absolute Gasteiger partial charge is 0.368 e. The molecule has 1 aliphatic rings. The van der Waals surface area contributed by atoms with Gasteiger partial charge in [0, 0.05) is 43.6 Å². The topological polar surface area (TPSA) is 148 Å². The summed E-state index contributed by atoms with van der Waals surface area (Å²) in [6, 6.07) is 6.16. The van der Waals surface area contributed by atoms with E-state index in [4.69, 9.17) is 5.73 Å². The lowest BCUT2D eigenvalue weighted by Gasteiger charge is -2.31. The number of rotatable bonds is 7. The third kappa shape index (κ3) is 5.37. The SMILES string of the molecule is CN(CC(N)=O)C(=O)c1ccc(Nc2ncnc3c2c(F)cn3C2CCN(c3noc(C(F)(F)F)n3)CC2)cc1. The molecule has 16 heteroatoms. The Morgan fingerprint density at radius 1 is 1.18 bits per heavy atom. The van der Waals surface area contributed by atoms with Crippen LogP contribution in [-0.4, -0.2) is 68.1 Å². The minimum atomic E-state index is -4.72. The number of alkyl halides is 3. The van der Waals surface area contributed by atoms with Crippen LogP contribution in [0.3, 0.4) is 0 Å². The van der Waals surface area contributed by atoms with Gasteiger partial charge in [-0.25, -0.2) is 14.4 Å². The fraction of sp³-hybridized carbons (Fsp3) is 0.333. The first-order valence-electron chi connectivity index (χ1n) is 12.1. The first kappa shape index (κ1) is 26.8. The normalized spacial score (nSPS) is 14.5. The van der Waals surface area contributed by atoms with Gasteiger partial charge in [0.05, 0.1) is 11.9 Å². The molecule has 0 saturated carbocycles. The molecule has 0 aliphatic carbocycles. The number of aromatic nitrogens is 5. The number of hydrogen-bond donors (Lipinski definition) is 2. The minimum Gasteiger partial charge on any atom is -0.368 e. The molecular formula is C24H23F4N9O3. The molecule has 0 unspecified atom stereocenters. The van der Waals surface area contributed by atoms with Crippen molar-refractivity contribution in [2.75, 3.05) is 36.9 Å². The van der Waals surface area contributed by atoms with Crippen LogP contribution >= 0.6 is 0 Å². The van der Waals surface area contributed by atoms with Gasteiger partial charge in [0.25, 0.3) is 11.9 Å². The van der Waals surface area contributed by atoms with E-state index < -0.39 is 23.8 Å². The third-order valence-electron chi connectivity index (χ3n) is 6.50. The molecular weight excluding hydrogens is 538 g/mol. The maximum absolute atomic E-state index is 15.2. The number of carbonyl (C=O) groups is 2. The number of likely N-dealkylation sites (N-methyl/N-ethyl adjacent to an activating group) is 1. The number of primary amides is 1. The maximum atomic E-state index is 15.2. The van der Waals surface area contributed by atoms with Crippen LogP contribution in [0.1, 0.15) is 35.1 Å². The van der Waals surface area contributed by atoms with Crippen molar-refractivity contribution in [2.24, 2.45) is 5.73 Å². The van der Waals surface area contributed by atoms with E-state index in [-0.39, 0.29) is 35.6 Å². The minimum absolute atomic E-state index is 0.143. The molecule has 1 aliphatic heterocycles. The first-order valence-corrected chi connectivity index (χ1v) is 12.1. The van der Waals surface area contributed by atoms with Gasteiger partial charge in [-0.05, 0) is 42.3 Å². The van der Waals surface area contributed by atoms with Gasteiger partial charge in [-0.15, -0.1) is 0 Å². The zero-order valence-electron chi connectivity index (χ0n) is 21.0. The van der Waals surface area contributed by atoms with E-state index in [0.29, 0.717) is 42.8 Å². The van der Waals surface area contributed by atoms with E-state index in [1.807, 2.05) is 0 Å². The lowest BCUT2D eigenvalue weighted by Crippen LogP contribution is -2.35. The van der Waals surface area contributed by atoms with Crippen molar-refractivity contribution in [1.82, 2.24) is 29.6 Å². The molecule has 12 nitrogen and oxygen atoms in total. The van der Waals surface area contributed by atoms with E-state index in [9.17, 15) is 22.8 Å². The highest BCUT2D eigenvalue weighted by Crippen LogP contribution is 2.34. The quantitative estimate of drug-likeness (QED) is 0.325. The second-order valence-corrected chi connectivity index (χ2v) is 9.25. The first-order chi connectivity index (χ1) is 19.0. The van der Waals surface area contributed by atoms with Crippen LogP contribution in [0.5, 0.6) is 0 Å². The third-order valence-corrected chi connectivity index (χ3v) is 6.50. The molecule has 40 heavy (non-hydrogen) atoms. The number of amides is 2. The van der Waals surface area contributed by atoms with Crippen LogP contribution in [0.25, 0.3) is 11.0 Å². The maximum Gasteiger partial charge on any atom is 0.471 e. The zero-order valence-corrected chi connectivity index (χ0v) is 21.0. The van der Waals surface area contributed by atoms with E-state index >= 15 is 4.39 Å². The van der Waals surface area contributed by atoms with Crippen molar-refractivity contribution in [1.29, 1.82) is 0 Å². The summed E-state index contributed by atoms with van der Waals surface area (Å²) in [6.07, 6.45) is -1.14. The molecule has 0 spiro atoms. The summed E-state index contributed by atoms with van der Waals surface area (Å²) in [5.74, 6) is -2.90. The predicted octanol–water partition coefficient (Wildman–Crippen LogP) is 3.11. The monoisotopic (exact) mass is 561 g/mol. The molecule has 5 rings (SSSR count). The molecule has 4 aromatic rings. The molecule has 3 N–H and O–H groups in total. The summed E-state index contributed by atoms with van der Waals surface area (Å²) in [7, 11) is 1.46. The molecule has 0 bridgehead atoms. The molecule has 0 atom stereocenters. The van der Waals surface area contributed by atoms with Gasteiger partial charge in [0.1, 0.15) is 17.8 Å². The van der Waals surface area contributed by atoms with E-state index in [0.717, 1.165) is 0 Å². The Balaban J connectivity index is 1.30. The second-order valence-electron chi connectivity index (χ2n) is 9.25. The Kier molecular flexibility index (Phi) is 6.99. The van der Waals surface area contributed by atoms with Gasteiger partial charge in [-0.2, -0.15) is 18.2 Å². The Hall–Kier alpha value is -4.76. The van der Waals surface area contributed by atoms with Crippen LogP contribution in [0.15, 0.2) is 41.3 Å². The average molecular weight is 562 g/mol. The highest BCUT2D eigenvalue weighted by molar-refractivity contribution is 5.96. The largest absolute Gasteiger partial charge is 0.471 e. The van der Waals surface area contributed by atoms with Crippen molar-refractivity contribution in [3.05, 3.63) is 54.1 Å². The number of nitrogens with one attached hydrogen (secondary N) is 1. The average Bonchev–Trinajstić information content (AvgIpc) is 3.55. The van der Waals surface area contributed by atoms with Crippen LogP contribution in [0.2, 0.25) is 0 Å². The van der Waals surface area contributed by atoms with Gasteiger partial charge >= 0.3 is 12.1 Å². The number of nitrogens with zero attached hydrogens (tertiary/aromatic N) is 7. The molecule has 1 fully saturated rings. The van der Waals surface area contributed by atoms with Crippen LogP contribution in [-0.2, 0) is 11.0 Å². The second kappa shape index (κ2) is 10.4. The number of fused-ring (bicyclic) bond motifs is 1. The fourth-order valence-corrected chi connectivity index (χ4v) is 4.58. The van der Waals surface area contributed by atoms with Crippen molar-refractivity contribution in [3.63, 3.8) is 0 Å². The Morgan fingerprint density at radius 3 is 2.50 bits per heavy atom. The number of nitrogens with two attached hydrogens (primary N) is 1. The number of carbonyl (C=O) groups excluding carboxylic acids is 2. The molecule has 2 amide bonds. The number of anilines is 3. The van der Waals surface area contributed by atoms with Gasteiger partial charge in [0.2, 0.25) is 5.91 Å². The van der Waals surface area contributed by atoms with Crippen molar-refractivity contribution in [3.8, 4) is 0 Å². The van der Waals surface area contributed by atoms with Crippen molar-refractivity contribution < 1.29 is 31.7 Å². The van der Waals surface area contributed by atoms with Gasteiger partial charge in [-0.3, -0.25) is 9.59 Å². The lowest BCUT2D eigenvalue weighted by molar-refractivity contribution is -0.159. The van der Waals surface area contributed by atoms with Crippen molar-refractivity contribution >= 4 is 40.3 Å². The van der Waals surface area contributed by atoms with Crippen molar-refractivity contribution in [2.45, 2.75) is 25.1 Å². The number of piperidine rings is 1. The lowest BCUT2D eigenvalue weighted by atomic mass is 10.1. The van der Waals surface area contributed by atoms with Crippen LogP contribution in [0, 0.1) is 5.82 Å². The number of hydrogen-bond acceptors (Lipinski definition) is 9. The molecule has 0 radical (unpaired) electrons. The van der Waals surface area contributed by atoms with Gasteiger partial charge in [0.15, 0.2) is 5.82 Å². The Labute approximate surface area is 223 Å². The molecule has 210 valence electrons. The summed E-state index contributed by atoms with van der Waals surface area (Å²) in [5, 5.41) is 6.64. The fourth-order valence-electron chi connectivity index (χ4n) is 4.58. The highest BCUT2D eigenvalue weighted by Gasteiger charge is 2.39. The van der Waals surface area contributed by atoms with Crippen LogP contribution < -0.4 is 16.0 Å². The summed E-state index contributed by atoms with van der Waals surface area (Å²) >= 11 is 0. The molecule has 1 aromatic carbocycles. The van der Waals surface area contributed by atoms with E-state index in [2.05, 4.69) is 29.9 Å². The molecule has 4 heterocycles. The predicted molar refractivity (Wildman–Crippen MR) is 133 cm³/mol. The molecule has 3 aromatic heterocycles. The standard InChI is InChI=1S/C24H23F4N9O3/c1-35(11-17(29)38)21(39)13-2-4-14(5-3-13)32-19-18-16(25)10-37(20(18)31-12-30-19)15-6-8-36(9-7-15)23-33-22(40-34-23)24(26,27)28/h2-5,10,12,15H,6-9,11H2,1H3,(H2,29,38)(H,30,31,32). The van der Waals surface area contributed by atoms with E-state index in [1.165, 1.54) is 24.5 Å². The van der Waals surface area contributed by atoms with Gasteiger partial charge < -0.3 is 29.9 Å². The summed E-state index contributed by atoms with van der Waals surface area (Å²) in [5.41, 5.74) is 6.36. The number of halogens is 4. The Morgan fingerprint density at radius 2 is 1.88 bits per heavy atom.